The summed E-state index contributed by atoms with van der Waals surface area (Å²) in [5.74, 6) is -0.259. The van der Waals surface area contributed by atoms with Gasteiger partial charge in [0.05, 0.1) is 10.7 Å². The second-order valence-corrected chi connectivity index (χ2v) is 4.28. The first-order valence-corrected chi connectivity index (χ1v) is 6.01. The van der Waals surface area contributed by atoms with Gasteiger partial charge in [-0.15, -0.1) is 0 Å². The van der Waals surface area contributed by atoms with E-state index in [0.717, 1.165) is 12.0 Å². The molecule has 1 aromatic carbocycles. The smallest absolute Gasteiger partial charge is 0.351 e. The van der Waals surface area contributed by atoms with Crippen LogP contribution in [0.3, 0.4) is 0 Å². The standard InChI is InChI=1S/C12H17ClN4O/c1-3-7-17(12(18)16-11(14)15)10-8(2)5-4-6-9(10)13/h4-6H,3,7H2,1-2H3,(H4,14,15,16,18). The molecule has 98 valence electrons. The summed E-state index contributed by atoms with van der Waals surface area (Å²) in [6.07, 6.45) is 0.774. The molecule has 0 radical (unpaired) electrons. The van der Waals surface area contributed by atoms with Crippen molar-refractivity contribution < 1.29 is 4.79 Å². The first-order valence-electron chi connectivity index (χ1n) is 5.63. The number of hydrogen-bond donors (Lipinski definition) is 2. The first kappa shape index (κ1) is 14.3. The third kappa shape index (κ3) is 3.37. The van der Waals surface area contributed by atoms with E-state index in [1.807, 2.05) is 26.0 Å². The summed E-state index contributed by atoms with van der Waals surface area (Å²) in [6.45, 7) is 4.34. The quantitative estimate of drug-likeness (QED) is 0.651. The van der Waals surface area contributed by atoms with E-state index in [-0.39, 0.29) is 5.96 Å². The van der Waals surface area contributed by atoms with E-state index >= 15 is 0 Å². The number of aryl methyl sites for hydroxylation is 1. The molecule has 0 unspecified atom stereocenters. The molecule has 0 aliphatic heterocycles. The van der Waals surface area contributed by atoms with Gasteiger partial charge in [0, 0.05) is 6.54 Å². The van der Waals surface area contributed by atoms with Crippen molar-refractivity contribution in [2.45, 2.75) is 20.3 Å². The zero-order valence-electron chi connectivity index (χ0n) is 10.5. The van der Waals surface area contributed by atoms with Crippen molar-refractivity contribution in [3.05, 3.63) is 28.8 Å². The second kappa shape index (κ2) is 6.26. The van der Waals surface area contributed by atoms with Gasteiger partial charge in [-0.2, -0.15) is 4.99 Å². The maximum absolute atomic E-state index is 12.0. The van der Waals surface area contributed by atoms with Crippen molar-refractivity contribution in [2.24, 2.45) is 16.5 Å². The number of para-hydroxylation sites is 1. The Kier molecular flexibility index (Phi) is 4.97. The molecule has 0 spiro atoms. The third-order valence-electron chi connectivity index (χ3n) is 2.36. The van der Waals surface area contributed by atoms with Gasteiger partial charge in [0.15, 0.2) is 5.96 Å². The highest BCUT2D eigenvalue weighted by molar-refractivity contribution is 6.34. The fraction of sp³-hybridized carbons (Fsp3) is 0.333. The summed E-state index contributed by atoms with van der Waals surface area (Å²) in [4.78, 5) is 17.0. The molecule has 18 heavy (non-hydrogen) atoms. The van der Waals surface area contributed by atoms with Gasteiger partial charge in [0.2, 0.25) is 0 Å². The fourth-order valence-electron chi connectivity index (χ4n) is 1.66. The highest BCUT2D eigenvalue weighted by atomic mass is 35.5. The van der Waals surface area contributed by atoms with Crippen LogP contribution in [0.25, 0.3) is 0 Å². The van der Waals surface area contributed by atoms with Crippen LogP contribution in [0, 0.1) is 6.92 Å². The van der Waals surface area contributed by atoms with E-state index in [4.69, 9.17) is 23.1 Å². The molecular formula is C12H17ClN4O. The molecule has 0 atom stereocenters. The Bertz CT molecular complexity index is 449. The zero-order valence-corrected chi connectivity index (χ0v) is 11.2. The summed E-state index contributed by atoms with van der Waals surface area (Å²) in [5, 5.41) is 0.502. The van der Waals surface area contributed by atoms with Crippen LogP contribution in [0.15, 0.2) is 23.2 Å². The third-order valence-corrected chi connectivity index (χ3v) is 2.67. The summed E-state index contributed by atoms with van der Waals surface area (Å²) in [6, 6.07) is 4.94. The van der Waals surface area contributed by atoms with Crippen LogP contribution in [0.1, 0.15) is 18.9 Å². The number of nitrogens with two attached hydrogens (primary N) is 2. The van der Waals surface area contributed by atoms with Crippen molar-refractivity contribution in [3.63, 3.8) is 0 Å². The van der Waals surface area contributed by atoms with Crippen molar-refractivity contribution in [3.8, 4) is 0 Å². The highest BCUT2D eigenvalue weighted by Crippen LogP contribution is 2.30. The summed E-state index contributed by atoms with van der Waals surface area (Å²) < 4.78 is 0. The molecule has 4 N–H and O–H groups in total. The lowest BCUT2D eigenvalue weighted by atomic mass is 10.2. The molecule has 0 bridgehead atoms. The summed E-state index contributed by atoms with van der Waals surface area (Å²) in [5.41, 5.74) is 12.0. The molecule has 0 saturated heterocycles. The minimum absolute atomic E-state index is 0.259. The lowest BCUT2D eigenvalue weighted by Gasteiger charge is -2.23. The first-order chi connectivity index (χ1) is 8.47. The minimum atomic E-state index is -0.506. The van der Waals surface area contributed by atoms with E-state index in [2.05, 4.69) is 4.99 Å². The number of aliphatic imine (C=N–C) groups is 1. The van der Waals surface area contributed by atoms with E-state index in [1.54, 1.807) is 6.07 Å². The number of rotatable bonds is 3. The Hall–Kier alpha value is -1.75. The monoisotopic (exact) mass is 268 g/mol. The van der Waals surface area contributed by atoms with Crippen LogP contribution in [-0.2, 0) is 0 Å². The summed E-state index contributed by atoms with van der Waals surface area (Å²) in [7, 11) is 0. The van der Waals surface area contributed by atoms with Gasteiger partial charge in [-0.05, 0) is 25.0 Å². The van der Waals surface area contributed by atoms with Crippen molar-refractivity contribution in [2.75, 3.05) is 11.4 Å². The van der Waals surface area contributed by atoms with Crippen LogP contribution in [0.4, 0.5) is 10.5 Å². The van der Waals surface area contributed by atoms with Crippen LogP contribution >= 0.6 is 11.6 Å². The van der Waals surface area contributed by atoms with Crippen LogP contribution in [0.2, 0.25) is 5.02 Å². The van der Waals surface area contributed by atoms with E-state index in [9.17, 15) is 4.79 Å². The van der Waals surface area contributed by atoms with Crippen molar-refractivity contribution >= 4 is 29.3 Å². The molecule has 0 heterocycles. The molecule has 0 aliphatic rings. The minimum Gasteiger partial charge on any atom is -0.370 e. The number of carbonyl (C=O) groups is 1. The molecule has 0 aliphatic carbocycles. The average molecular weight is 269 g/mol. The number of hydrogen-bond acceptors (Lipinski definition) is 1. The topological polar surface area (TPSA) is 84.7 Å². The van der Waals surface area contributed by atoms with Crippen molar-refractivity contribution in [1.82, 2.24) is 0 Å². The molecule has 1 rings (SSSR count). The molecule has 0 aromatic heterocycles. The number of benzene rings is 1. The number of halogens is 1. The van der Waals surface area contributed by atoms with Crippen LogP contribution in [0.5, 0.6) is 0 Å². The second-order valence-electron chi connectivity index (χ2n) is 3.88. The molecule has 1 aromatic rings. The van der Waals surface area contributed by atoms with Gasteiger partial charge in [0.1, 0.15) is 0 Å². The fourth-order valence-corrected chi connectivity index (χ4v) is 1.99. The maximum atomic E-state index is 12.0. The maximum Gasteiger partial charge on any atom is 0.351 e. The number of urea groups is 1. The highest BCUT2D eigenvalue weighted by Gasteiger charge is 2.19. The Morgan fingerprint density at radius 3 is 2.61 bits per heavy atom. The van der Waals surface area contributed by atoms with Gasteiger partial charge in [-0.3, -0.25) is 4.90 Å². The number of anilines is 1. The largest absolute Gasteiger partial charge is 0.370 e. The zero-order chi connectivity index (χ0) is 13.7. The molecule has 5 nitrogen and oxygen atoms in total. The lowest BCUT2D eigenvalue weighted by Crippen LogP contribution is -2.33. The SMILES string of the molecule is CCCN(C(=O)N=C(N)N)c1c(C)cccc1Cl. The summed E-state index contributed by atoms with van der Waals surface area (Å²) >= 11 is 6.14. The Morgan fingerprint density at radius 1 is 1.44 bits per heavy atom. The average Bonchev–Trinajstić information content (AvgIpc) is 2.26. The Labute approximate surface area is 111 Å². The van der Waals surface area contributed by atoms with Gasteiger partial charge >= 0.3 is 6.03 Å². The van der Waals surface area contributed by atoms with E-state index < -0.39 is 6.03 Å². The van der Waals surface area contributed by atoms with Crippen LogP contribution < -0.4 is 16.4 Å². The number of carbonyl (C=O) groups excluding carboxylic acids is 1. The van der Waals surface area contributed by atoms with Gasteiger partial charge in [-0.25, -0.2) is 4.79 Å². The lowest BCUT2D eigenvalue weighted by molar-refractivity contribution is 0.254. The van der Waals surface area contributed by atoms with Crippen molar-refractivity contribution in [1.29, 1.82) is 0 Å². The Morgan fingerprint density at radius 2 is 2.11 bits per heavy atom. The predicted molar refractivity (Wildman–Crippen MR) is 75.0 cm³/mol. The molecule has 6 heteroatoms. The van der Waals surface area contributed by atoms with Crippen LogP contribution in [-0.4, -0.2) is 18.5 Å². The molecule has 0 fully saturated rings. The number of nitrogens with zero attached hydrogens (tertiary/aromatic N) is 2. The molecular weight excluding hydrogens is 252 g/mol. The molecule has 0 saturated carbocycles. The number of guanidine groups is 1. The number of amides is 2. The Balaban J connectivity index is 3.20. The van der Waals surface area contributed by atoms with Gasteiger partial charge in [-0.1, -0.05) is 30.7 Å². The van der Waals surface area contributed by atoms with E-state index in [0.29, 0.717) is 17.3 Å². The predicted octanol–water partition coefficient (Wildman–Crippen LogP) is 2.26. The van der Waals surface area contributed by atoms with E-state index in [1.165, 1.54) is 4.90 Å². The van der Waals surface area contributed by atoms with Gasteiger partial charge in [0.25, 0.3) is 0 Å². The molecule has 2 amide bonds. The van der Waals surface area contributed by atoms with Gasteiger partial charge < -0.3 is 11.5 Å². The normalized spacial score (nSPS) is 9.94.